The number of nitrogens with one attached hydrogen (secondary N) is 1. The molecule has 7 nitrogen and oxygen atoms in total. The van der Waals surface area contributed by atoms with Crippen LogP contribution in [0.25, 0.3) is 0 Å². The first-order chi connectivity index (χ1) is 18.1. The van der Waals surface area contributed by atoms with Crippen molar-refractivity contribution in [3.05, 3.63) is 95.1 Å². The first-order valence-corrected chi connectivity index (χ1v) is 14.3. The Morgan fingerprint density at radius 1 is 0.868 bits per heavy atom. The number of carbonyl (C=O) groups excluding carboxylic acids is 2. The summed E-state index contributed by atoms with van der Waals surface area (Å²) in [5.41, 5.74) is 4.08. The van der Waals surface area contributed by atoms with Gasteiger partial charge in [-0.3, -0.25) is 13.9 Å². The van der Waals surface area contributed by atoms with Crippen molar-refractivity contribution in [3.8, 4) is 0 Å². The van der Waals surface area contributed by atoms with E-state index in [1.165, 1.54) is 17.0 Å². The number of sulfonamides is 1. The number of nitrogens with zero attached hydrogens (tertiary/aromatic N) is 2. The van der Waals surface area contributed by atoms with E-state index in [-0.39, 0.29) is 17.3 Å². The number of likely N-dealkylation sites (N-methyl/N-ethyl adjacent to an activating group) is 1. The summed E-state index contributed by atoms with van der Waals surface area (Å²) in [6, 6.07) is 20.5. The quantitative estimate of drug-likeness (QED) is 0.384. The number of hydrogen-bond acceptors (Lipinski definition) is 4. The molecule has 0 fully saturated rings. The van der Waals surface area contributed by atoms with E-state index in [1.54, 1.807) is 24.3 Å². The summed E-state index contributed by atoms with van der Waals surface area (Å²) in [6.07, 6.45) is 0.387. The molecule has 0 radical (unpaired) electrons. The van der Waals surface area contributed by atoms with Crippen molar-refractivity contribution >= 4 is 27.5 Å². The number of rotatable bonds is 11. The molecule has 0 spiro atoms. The second-order valence-corrected chi connectivity index (χ2v) is 11.3. The van der Waals surface area contributed by atoms with Crippen LogP contribution in [0.5, 0.6) is 0 Å². The molecule has 0 saturated heterocycles. The van der Waals surface area contributed by atoms with Crippen molar-refractivity contribution in [2.24, 2.45) is 0 Å². The topological polar surface area (TPSA) is 86.8 Å². The summed E-state index contributed by atoms with van der Waals surface area (Å²) in [5.74, 6) is -0.720. The van der Waals surface area contributed by atoms with Gasteiger partial charge in [-0.2, -0.15) is 0 Å². The Kier molecular flexibility index (Phi) is 9.69. The summed E-state index contributed by atoms with van der Waals surface area (Å²) in [6.45, 7) is 9.58. The molecule has 0 aromatic heterocycles. The lowest BCUT2D eigenvalue weighted by Crippen LogP contribution is -2.52. The molecule has 1 atom stereocenters. The van der Waals surface area contributed by atoms with Crippen molar-refractivity contribution in [1.29, 1.82) is 0 Å². The van der Waals surface area contributed by atoms with Gasteiger partial charge in [0.2, 0.25) is 11.8 Å². The van der Waals surface area contributed by atoms with Gasteiger partial charge in [-0.15, -0.1) is 0 Å². The molecule has 2 amide bonds. The molecular formula is C30H37N3O4S. The van der Waals surface area contributed by atoms with Gasteiger partial charge in [0.1, 0.15) is 12.6 Å². The zero-order valence-electron chi connectivity index (χ0n) is 22.8. The molecule has 0 aliphatic carbocycles. The van der Waals surface area contributed by atoms with E-state index in [9.17, 15) is 18.0 Å². The zero-order chi connectivity index (χ0) is 27.9. The molecule has 0 unspecified atom stereocenters. The van der Waals surface area contributed by atoms with Crippen LogP contribution in [0.2, 0.25) is 0 Å². The van der Waals surface area contributed by atoms with Crippen LogP contribution in [-0.4, -0.2) is 44.3 Å². The first-order valence-electron chi connectivity index (χ1n) is 12.9. The normalized spacial score (nSPS) is 12.0. The van der Waals surface area contributed by atoms with Gasteiger partial charge >= 0.3 is 0 Å². The fourth-order valence-electron chi connectivity index (χ4n) is 4.42. The molecule has 0 aliphatic rings. The Morgan fingerprint density at radius 2 is 1.50 bits per heavy atom. The van der Waals surface area contributed by atoms with E-state index >= 15 is 0 Å². The number of hydrogen-bond donors (Lipinski definition) is 1. The highest BCUT2D eigenvalue weighted by Gasteiger charge is 2.34. The minimum Gasteiger partial charge on any atom is -0.355 e. The smallest absolute Gasteiger partial charge is 0.264 e. The van der Waals surface area contributed by atoms with Crippen LogP contribution >= 0.6 is 0 Å². The lowest BCUT2D eigenvalue weighted by Gasteiger charge is -2.33. The highest BCUT2D eigenvalue weighted by molar-refractivity contribution is 7.92. The third-order valence-electron chi connectivity index (χ3n) is 6.44. The average Bonchev–Trinajstić information content (AvgIpc) is 2.89. The molecule has 3 aromatic carbocycles. The van der Waals surface area contributed by atoms with Crippen LogP contribution in [0.15, 0.2) is 77.7 Å². The van der Waals surface area contributed by atoms with Gasteiger partial charge in [-0.05, 0) is 63.4 Å². The Hall–Kier alpha value is -3.65. The van der Waals surface area contributed by atoms with Crippen molar-refractivity contribution in [2.45, 2.75) is 58.5 Å². The Balaban J connectivity index is 2.08. The average molecular weight is 536 g/mol. The van der Waals surface area contributed by atoms with Gasteiger partial charge in [-0.25, -0.2) is 8.42 Å². The van der Waals surface area contributed by atoms with Gasteiger partial charge in [-0.1, -0.05) is 72.6 Å². The number of anilines is 1. The second kappa shape index (κ2) is 12.7. The molecular weight excluding hydrogens is 498 g/mol. The maximum atomic E-state index is 14.0. The highest BCUT2D eigenvalue weighted by Crippen LogP contribution is 2.28. The molecule has 0 saturated carbocycles. The van der Waals surface area contributed by atoms with E-state index in [1.807, 2.05) is 71.0 Å². The monoisotopic (exact) mass is 535 g/mol. The maximum absolute atomic E-state index is 14.0. The SMILES string of the molecule is CCNC(=O)[C@@H](CC)N(Cc1ccc(C)cc1)C(=O)CN(c1ccc(C)cc1C)S(=O)(=O)c1ccccc1. The van der Waals surface area contributed by atoms with Crippen LogP contribution in [0, 0.1) is 20.8 Å². The van der Waals surface area contributed by atoms with Crippen LogP contribution < -0.4 is 9.62 Å². The van der Waals surface area contributed by atoms with Gasteiger partial charge in [0.05, 0.1) is 10.6 Å². The molecule has 38 heavy (non-hydrogen) atoms. The third-order valence-corrected chi connectivity index (χ3v) is 8.22. The van der Waals surface area contributed by atoms with Gasteiger partial charge in [0, 0.05) is 13.1 Å². The fraction of sp³-hybridized carbons (Fsp3) is 0.333. The summed E-state index contributed by atoms with van der Waals surface area (Å²) in [7, 11) is -4.07. The van der Waals surface area contributed by atoms with Crippen LogP contribution in [0.3, 0.4) is 0 Å². The largest absolute Gasteiger partial charge is 0.355 e. The van der Waals surface area contributed by atoms with Crippen molar-refractivity contribution in [2.75, 3.05) is 17.4 Å². The van der Waals surface area contributed by atoms with E-state index in [4.69, 9.17) is 0 Å². The van der Waals surface area contributed by atoms with E-state index in [0.717, 1.165) is 26.6 Å². The molecule has 3 rings (SSSR count). The summed E-state index contributed by atoms with van der Waals surface area (Å²) in [5, 5.41) is 2.82. The molecule has 0 bridgehead atoms. The molecule has 8 heteroatoms. The third kappa shape index (κ3) is 6.81. The second-order valence-electron chi connectivity index (χ2n) is 9.44. The van der Waals surface area contributed by atoms with Crippen molar-refractivity contribution in [1.82, 2.24) is 10.2 Å². The maximum Gasteiger partial charge on any atom is 0.264 e. The van der Waals surface area contributed by atoms with Crippen molar-refractivity contribution < 1.29 is 18.0 Å². The number of carbonyl (C=O) groups is 2. The minimum absolute atomic E-state index is 0.0913. The fourth-order valence-corrected chi connectivity index (χ4v) is 5.92. The van der Waals surface area contributed by atoms with E-state index in [0.29, 0.717) is 18.7 Å². The minimum atomic E-state index is -4.07. The molecule has 202 valence electrons. The zero-order valence-corrected chi connectivity index (χ0v) is 23.6. The first kappa shape index (κ1) is 28.9. The predicted molar refractivity (Wildman–Crippen MR) is 151 cm³/mol. The predicted octanol–water partition coefficient (Wildman–Crippen LogP) is 4.75. The Labute approximate surface area is 226 Å². The van der Waals surface area contributed by atoms with Crippen LogP contribution in [-0.2, 0) is 26.2 Å². The lowest BCUT2D eigenvalue weighted by molar-refractivity contribution is -0.140. The van der Waals surface area contributed by atoms with Crippen LogP contribution in [0.1, 0.15) is 42.5 Å². The highest BCUT2D eigenvalue weighted by atomic mass is 32.2. The standard InChI is InChI=1S/C30H37N3O4S/c1-6-27(30(35)31-7-2)32(20-25-16-13-22(3)14-17-25)29(34)21-33(28-18-15-23(4)19-24(28)5)38(36,37)26-11-9-8-10-12-26/h8-19,27H,6-7,20-21H2,1-5H3,(H,31,35)/t27-/m1/s1. The number of amides is 2. The van der Waals surface area contributed by atoms with Crippen molar-refractivity contribution in [3.63, 3.8) is 0 Å². The summed E-state index contributed by atoms with van der Waals surface area (Å²) >= 11 is 0. The lowest BCUT2D eigenvalue weighted by atomic mass is 10.1. The molecule has 3 aromatic rings. The van der Waals surface area contributed by atoms with Crippen LogP contribution in [0.4, 0.5) is 5.69 Å². The summed E-state index contributed by atoms with van der Waals surface area (Å²) < 4.78 is 28.9. The van der Waals surface area contributed by atoms with E-state index < -0.39 is 28.5 Å². The Bertz CT molecular complexity index is 1360. The van der Waals surface area contributed by atoms with Gasteiger partial charge in [0.25, 0.3) is 10.0 Å². The Morgan fingerprint density at radius 3 is 2.08 bits per heavy atom. The summed E-state index contributed by atoms with van der Waals surface area (Å²) in [4.78, 5) is 28.6. The van der Waals surface area contributed by atoms with E-state index in [2.05, 4.69) is 5.32 Å². The number of benzene rings is 3. The molecule has 1 N–H and O–H groups in total. The molecule has 0 heterocycles. The molecule has 0 aliphatic heterocycles. The van der Waals surface area contributed by atoms with Gasteiger partial charge in [0.15, 0.2) is 0 Å². The number of aryl methyl sites for hydroxylation is 3. The van der Waals surface area contributed by atoms with Gasteiger partial charge < -0.3 is 10.2 Å².